The molecule has 0 amide bonds. The fourth-order valence-corrected chi connectivity index (χ4v) is 7.29. The lowest BCUT2D eigenvalue weighted by Gasteiger charge is -2.20. The van der Waals surface area contributed by atoms with Crippen molar-refractivity contribution >= 4 is 29.3 Å². The first-order valence-corrected chi connectivity index (χ1v) is 8.67. The molecule has 1 unspecified atom stereocenters. The molecule has 2 saturated heterocycles. The van der Waals surface area contributed by atoms with E-state index in [1.54, 1.807) is 0 Å². The maximum absolute atomic E-state index is 5.47. The second-order valence-electron chi connectivity index (χ2n) is 3.23. The van der Waals surface area contributed by atoms with E-state index in [2.05, 4.69) is 0 Å². The average Bonchev–Trinajstić information content (AvgIpc) is 3.03. The number of hydrogen-bond donors (Lipinski definition) is 0. The summed E-state index contributed by atoms with van der Waals surface area (Å²) in [5, 5.41) is 0. The third kappa shape index (κ3) is 4.32. The van der Waals surface area contributed by atoms with Crippen LogP contribution in [0.15, 0.2) is 0 Å². The van der Waals surface area contributed by atoms with E-state index in [1.807, 2.05) is 0 Å². The zero-order valence-corrected chi connectivity index (χ0v) is 11.9. The predicted molar refractivity (Wildman–Crippen MR) is 56.1 cm³/mol. The van der Waals surface area contributed by atoms with Crippen molar-refractivity contribution in [1.82, 2.24) is 0 Å². The first-order valence-electron chi connectivity index (χ1n) is 4.83. The van der Waals surface area contributed by atoms with E-state index in [1.165, 1.54) is 0 Å². The smallest absolute Gasteiger partial charge is 0.365 e. The van der Waals surface area contributed by atoms with Gasteiger partial charge < -0.3 is 21.8 Å². The fourth-order valence-electron chi connectivity index (χ4n) is 1.13. The van der Waals surface area contributed by atoms with Gasteiger partial charge in [0.25, 0.3) is 20.0 Å². The average molecular weight is 251 g/mol. The Morgan fingerprint density at radius 2 is 2.14 bits per heavy atom. The second kappa shape index (κ2) is 6.12. The van der Waals surface area contributed by atoms with Crippen LogP contribution in [0, 0.1) is 0 Å². The Labute approximate surface area is 90.0 Å². The lowest BCUT2D eigenvalue weighted by atomic mass is 10.5. The first-order chi connectivity index (χ1) is 6.95. The van der Waals surface area contributed by atoms with E-state index in [-0.39, 0.29) is 0 Å². The van der Waals surface area contributed by atoms with Gasteiger partial charge in [-0.25, -0.2) is 0 Å². The largest absolute Gasteiger partial charge is 0.425 e. The molecule has 0 aromatic heterocycles. The Morgan fingerprint density at radius 1 is 1.36 bits per heavy atom. The molecule has 2 aliphatic heterocycles. The van der Waals surface area contributed by atoms with Crippen molar-refractivity contribution in [3.05, 3.63) is 0 Å². The van der Waals surface area contributed by atoms with Crippen molar-refractivity contribution in [3.8, 4) is 0 Å². The monoisotopic (exact) mass is 251 g/mol. The summed E-state index contributed by atoms with van der Waals surface area (Å²) in [5.41, 5.74) is 0. The van der Waals surface area contributed by atoms with E-state index >= 15 is 0 Å². The normalized spacial score (nSPS) is 31.3. The van der Waals surface area contributed by atoms with Gasteiger partial charge in [-0.05, 0) is 12.5 Å². The van der Waals surface area contributed by atoms with Gasteiger partial charge in [-0.1, -0.05) is 0 Å². The van der Waals surface area contributed by atoms with Crippen LogP contribution in [0.3, 0.4) is 0 Å². The third-order valence-electron chi connectivity index (χ3n) is 1.98. The molecule has 0 bridgehead atoms. The van der Waals surface area contributed by atoms with Crippen LogP contribution >= 0.6 is 0 Å². The van der Waals surface area contributed by atoms with E-state index in [0.29, 0.717) is 6.10 Å². The first kappa shape index (κ1) is 11.0. The van der Waals surface area contributed by atoms with Crippen molar-refractivity contribution in [2.75, 3.05) is 19.8 Å². The number of rotatable bonds is 6. The minimum absolute atomic E-state index is 0.374. The quantitative estimate of drug-likeness (QED) is 0.321. The topological polar surface area (TPSA) is 49.5 Å². The highest BCUT2D eigenvalue weighted by molar-refractivity contribution is 6.61. The van der Waals surface area contributed by atoms with Crippen molar-refractivity contribution < 1.29 is 21.8 Å². The molecule has 0 saturated carbocycles. The molecule has 5 nitrogen and oxygen atoms in total. The molecule has 0 N–H and O–H groups in total. The van der Waals surface area contributed by atoms with Crippen LogP contribution in [-0.4, -0.2) is 55.2 Å². The standard InChI is InChI=1S/C6H15O5Si3/c1(2-7-4-6-5-8-6)3-14-10-12-9-13-11-14/h6H,1-5,12-13H2. The highest BCUT2D eigenvalue weighted by Crippen LogP contribution is 2.09. The van der Waals surface area contributed by atoms with Gasteiger partial charge in [0.1, 0.15) is 6.10 Å². The minimum Gasteiger partial charge on any atom is -0.425 e. The molecular formula is C6H15O5Si3. The van der Waals surface area contributed by atoms with Crippen molar-refractivity contribution in [3.63, 3.8) is 0 Å². The summed E-state index contributed by atoms with van der Waals surface area (Å²) in [7, 11) is -2.27. The van der Waals surface area contributed by atoms with Crippen molar-refractivity contribution in [2.24, 2.45) is 0 Å². The van der Waals surface area contributed by atoms with Gasteiger partial charge in [-0.15, -0.1) is 0 Å². The van der Waals surface area contributed by atoms with Crippen LogP contribution in [0.25, 0.3) is 0 Å². The van der Waals surface area contributed by atoms with Crippen molar-refractivity contribution in [2.45, 2.75) is 18.6 Å². The summed E-state index contributed by atoms with van der Waals surface area (Å²) in [6.45, 7) is 2.41. The summed E-state index contributed by atoms with van der Waals surface area (Å²) in [6, 6.07) is 1.03. The summed E-state index contributed by atoms with van der Waals surface area (Å²) in [4.78, 5) is 0. The number of hydrogen-bond acceptors (Lipinski definition) is 5. The van der Waals surface area contributed by atoms with Crippen LogP contribution in [0.1, 0.15) is 6.42 Å². The molecule has 14 heavy (non-hydrogen) atoms. The molecule has 2 heterocycles. The molecule has 0 aliphatic carbocycles. The Bertz CT molecular complexity index is 162. The third-order valence-corrected chi connectivity index (χ3v) is 7.60. The molecule has 1 atom stereocenters. The van der Waals surface area contributed by atoms with Crippen LogP contribution < -0.4 is 0 Å². The predicted octanol–water partition coefficient (Wildman–Crippen LogP) is -1.66. The van der Waals surface area contributed by atoms with E-state index in [0.717, 1.165) is 32.3 Å². The van der Waals surface area contributed by atoms with Gasteiger partial charge in [-0.2, -0.15) is 0 Å². The summed E-state index contributed by atoms with van der Waals surface area (Å²) in [6.07, 6.45) is 1.41. The zero-order chi connectivity index (χ0) is 9.64. The molecule has 81 valence electrons. The maximum Gasteiger partial charge on any atom is 0.365 e. The molecule has 2 rings (SSSR count). The summed E-state index contributed by atoms with van der Waals surface area (Å²) in [5.74, 6) is 0. The molecule has 0 spiro atoms. The number of ether oxygens (including phenoxy) is 2. The van der Waals surface area contributed by atoms with Gasteiger partial charge in [-0.3, -0.25) is 0 Å². The SMILES string of the molecule is C(COCC1CO1)C[Si]1O[SiH2]O[SiH2]O1. The lowest BCUT2D eigenvalue weighted by molar-refractivity contribution is 0.116. The van der Waals surface area contributed by atoms with E-state index < -0.39 is 29.3 Å². The van der Waals surface area contributed by atoms with E-state index in [4.69, 9.17) is 21.8 Å². The fraction of sp³-hybridized carbons (Fsp3) is 1.00. The zero-order valence-electron chi connectivity index (χ0n) is 8.07. The van der Waals surface area contributed by atoms with Gasteiger partial charge >= 0.3 is 9.28 Å². The van der Waals surface area contributed by atoms with Crippen LogP contribution in [0.4, 0.5) is 0 Å². The van der Waals surface area contributed by atoms with Crippen LogP contribution in [0.5, 0.6) is 0 Å². The number of epoxide rings is 1. The highest BCUT2D eigenvalue weighted by Gasteiger charge is 2.22. The maximum atomic E-state index is 5.47. The van der Waals surface area contributed by atoms with Crippen LogP contribution in [0.2, 0.25) is 6.04 Å². The summed E-state index contributed by atoms with van der Waals surface area (Å²) < 4.78 is 26.6. The Kier molecular flexibility index (Phi) is 4.79. The van der Waals surface area contributed by atoms with Gasteiger partial charge in [0.15, 0.2) is 0 Å². The lowest BCUT2D eigenvalue weighted by Crippen LogP contribution is -2.35. The van der Waals surface area contributed by atoms with Gasteiger partial charge in [0.05, 0.1) is 13.2 Å². The van der Waals surface area contributed by atoms with Crippen molar-refractivity contribution in [1.29, 1.82) is 0 Å². The molecular weight excluding hydrogens is 236 g/mol. The minimum atomic E-state index is -0.946. The Balaban J connectivity index is 1.41. The van der Waals surface area contributed by atoms with Gasteiger partial charge in [0.2, 0.25) is 0 Å². The highest BCUT2D eigenvalue weighted by atomic mass is 28.4. The molecule has 2 aliphatic rings. The molecule has 0 aromatic rings. The van der Waals surface area contributed by atoms with Crippen LogP contribution in [-0.2, 0) is 21.8 Å². The van der Waals surface area contributed by atoms with Gasteiger partial charge in [0, 0.05) is 6.61 Å². The summed E-state index contributed by atoms with van der Waals surface area (Å²) >= 11 is 0. The molecule has 1 radical (unpaired) electrons. The Hall–Kier alpha value is 0.451. The molecule has 0 aromatic carbocycles. The van der Waals surface area contributed by atoms with E-state index in [9.17, 15) is 0 Å². The second-order valence-corrected chi connectivity index (χ2v) is 8.89. The molecule has 2 fully saturated rings. The molecule has 8 heteroatoms. The Morgan fingerprint density at radius 3 is 2.86 bits per heavy atom.